The van der Waals surface area contributed by atoms with Crippen LogP contribution < -0.4 is 5.32 Å². The summed E-state index contributed by atoms with van der Waals surface area (Å²) >= 11 is 0. The number of halogens is 2. The van der Waals surface area contributed by atoms with E-state index in [4.69, 9.17) is 0 Å². The van der Waals surface area contributed by atoms with Crippen LogP contribution in [0.2, 0.25) is 0 Å². The Labute approximate surface area is 111 Å². The number of ether oxygens (including phenoxy) is 1. The molecule has 19 heavy (non-hydrogen) atoms. The summed E-state index contributed by atoms with van der Waals surface area (Å²) in [5, 5.41) is 2.94. The molecule has 1 N–H and O–H groups in total. The average Bonchev–Trinajstić information content (AvgIpc) is 2.40. The van der Waals surface area contributed by atoms with Crippen LogP contribution in [0.25, 0.3) is 0 Å². The van der Waals surface area contributed by atoms with Crippen molar-refractivity contribution in [1.29, 1.82) is 0 Å². The SMILES string of the molecule is COC(=O)C1CS(=O)CC(c2ccc(F)c(F)c2)N1. The lowest BCUT2D eigenvalue weighted by molar-refractivity contribution is -0.142. The van der Waals surface area contributed by atoms with E-state index in [9.17, 15) is 17.8 Å². The Hall–Kier alpha value is -1.34. The van der Waals surface area contributed by atoms with Crippen LogP contribution in [0.3, 0.4) is 0 Å². The first kappa shape index (κ1) is 14.1. The van der Waals surface area contributed by atoms with Gasteiger partial charge in [0.1, 0.15) is 6.04 Å². The van der Waals surface area contributed by atoms with Gasteiger partial charge in [-0.25, -0.2) is 8.78 Å². The van der Waals surface area contributed by atoms with Gasteiger partial charge in [0.25, 0.3) is 0 Å². The average molecular weight is 289 g/mol. The third-order valence-electron chi connectivity index (χ3n) is 2.94. The van der Waals surface area contributed by atoms with Crippen molar-refractivity contribution in [3.05, 3.63) is 35.4 Å². The summed E-state index contributed by atoms with van der Waals surface area (Å²) in [6.45, 7) is 0. The molecule has 0 aromatic heterocycles. The van der Waals surface area contributed by atoms with Crippen molar-refractivity contribution >= 4 is 16.8 Å². The number of methoxy groups -OCH3 is 1. The highest BCUT2D eigenvalue weighted by Crippen LogP contribution is 2.21. The van der Waals surface area contributed by atoms with Crippen LogP contribution in [-0.2, 0) is 20.3 Å². The number of esters is 1. The molecule has 0 saturated carbocycles. The van der Waals surface area contributed by atoms with Crippen molar-refractivity contribution in [2.75, 3.05) is 18.6 Å². The molecule has 1 aromatic rings. The van der Waals surface area contributed by atoms with Gasteiger partial charge in [-0.2, -0.15) is 0 Å². The van der Waals surface area contributed by atoms with Gasteiger partial charge in [0.05, 0.1) is 7.11 Å². The molecule has 4 nitrogen and oxygen atoms in total. The molecule has 1 aliphatic heterocycles. The summed E-state index contributed by atoms with van der Waals surface area (Å²) in [5.74, 6) is -2.01. The van der Waals surface area contributed by atoms with Crippen molar-refractivity contribution in [3.8, 4) is 0 Å². The Morgan fingerprint density at radius 2 is 2.11 bits per heavy atom. The van der Waals surface area contributed by atoms with Crippen LogP contribution in [-0.4, -0.2) is 34.8 Å². The van der Waals surface area contributed by atoms with Gasteiger partial charge in [-0.15, -0.1) is 0 Å². The predicted octanol–water partition coefficient (Wildman–Crippen LogP) is 0.899. The van der Waals surface area contributed by atoms with Crippen molar-refractivity contribution in [2.24, 2.45) is 0 Å². The topological polar surface area (TPSA) is 55.4 Å². The number of nitrogens with one attached hydrogen (secondary N) is 1. The first-order chi connectivity index (χ1) is 9.01. The Morgan fingerprint density at radius 3 is 2.74 bits per heavy atom. The lowest BCUT2D eigenvalue weighted by Gasteiger charge is -2.29. The van der Waals surface area contributed by atoms with Gasteiger partial charge in [0, 0.05) is 28.3 Å². The van der Waals surface area contributed by atoms with Gasteiger partial charge in [0.2, 0.25) is 0 Å². The van der Waals surface area contributed by atoms with E-state index in [0.29, 0.717) is 5.56 Å². The summed E-state index contributed by atoms with van der Waals surface area (Å²) in [6, 6.07) is 2.31. The van der Waals surface area contributed by atoms with E-state index in [2.05, 4.69) is 10.1 Å². The van der Waals surface area contributed by atoms with E-state index >= 15 is 0 Å². The maximum Gasteiger partial charge on any atom is 0.323 e. The molecule has 0 bridgehead atoms. The maximum absolute atomic E-state index is 13.2. The number of hydrogen-bond donors (Lipinski definition) is 1. The van der Waals surface area contributed by atoms with Crippen molar-refractivity contribution in [1.82, 2.24) is 5.32 Å². The summed E-state index contributed by atoms with van der Waals surface area (Å²) in [5.41, 5.74) is 0.459. The largest absolute Gasteiger partial charge is 0.468 e. The molecular weight excluding hydrogens is 276 g/mol. The van der Waals surface area contributed by atoms with Crippen LogP contribution in [0.4, 0.5) is 8.78 Å². The van der Waals surface area contributed by atoms with Gasteiger partial charge >= 0.3 is 5.97 Å². The third kappa shape index (κ3) is 3.16. The molecule has 3 unspecified atom stereocenters. The van der Waals surface area contributed by atoms with E-state index in [1.54, 1.807) is 0 Å². The maximum atomic E-state index is 13.2. The standard InChI is InChI=1S/C12H13F2NO3S/c1-18-12(16)11-6-19(17)5-10(15-11)7-2-3-8(13)9(14)4-7/h2-4,10-11,15H,5-6H2,1H3. The second-order valence-electron chi connectivity index (χ2n) is 4.24. The number of hydrogen-bond acceptors (Lipinski definition) is 4. The quantitative estimate of drug-likeness (QED) is 0.822. The highest BCUT2D eigenvalue weighted by Gasteiger charge is 2.32. The number of rotatable bonds is 2. The summed E-state index contributed by atoms with van der Waals surface area (Å²) in [4.78, 5) is 11.5. The molecular formula is C12H13F2NO3S. The second-order valence-corrected chi connectivity index (χ2v) is 5.79. The van der Waals surface area contributed by atoms with E-state index in [-0.39, 0.29) is 11.5 Å². The van der Waals surface area contributed by atoms with E-state index in [1.807, 2.05) is 0 Å². The number of benzene rings is 1. The van der Waals surface area contributed by atoms with Crippen LogP contribution in [0.1, 0.15) is 11.6 Å². The molecule has 1 saturated heterocycles. The van der Waals surface area contributed by atoms with Crippen LogP contribution in [0.15, 0.2) is 18.2 Å². The molecule has 1 aromatic carbocycles. The molecule has 0 amide bonds. The number of carbonyl (C=O) groups is 1. The molecule has 3 atom stereocenters. The van der Waals surface area contributed by atoms with Crippen molar-refractivity contribution in [3.63, 3.8) is 0 Å². The molecule has 0 aliphatic carbocycles. The predicted molar refractivity (Wildman–Crippen MR) is 65.9 cm³/mol. The first-order valence-electron chi connectivity index (χ1n) is 5.65. The minimum Gasteiger partial charge on any atom is -0.468 e. The van der Waals surface area contributed by atoms with Crippen LogP contribution in [0.5, 0.6) is 0 Å². The highest BCUT2D eigenvalue weighted by atomic mass is 32.2. The Balaban J connectivity index is 2.21. The van der Waals surface area contributed by atoms with Crippen molar-refractivity contribution < 1.29 is 22.5 Å². The summed E-state index contributed by atoms with van der Waals surface area (Å²) in [6.07, 6.45) is 0. The van der Waals surface area contributed by atoms with Gasteiger partial charge in [-0.1, -0.05) is 6.07 Å². The normalized spacial score (nSPS) is 27.0. The Bertz CT molecular complexity index is 524. The monoisotopic (exact) mass is 289 g/mol. The molecule has 104 valence electrons. The van der Waals surface area contributed by atoms with Gasteiger partial charge in [-0.3, -0.25) is 14.3 Å². The number of carbonyl (C=O) groups excluding carboxylic acids is 1. The van der Waals surface area contributed by atoms with Crippen LogP contribution >= 0.6 is 0 Å². The Kier molecular flexibility index (Phi) is 4.26. The smallest absolute Gasteiger partial charge is 0.323 e. The summed E-state index contributed by atoms with van der Waals surface area (Å²) < 4.78 is 42.4. The minimum atomic E-state index is -1.21. The Morgan fingerprint density at radius 1 is 1.37 bits per heavy atom. The lowest BCUT2D eigenvalue weighted by Crippen LogP contribution is -2.49. The zero-order chi connectivity index (χ0) is 14.0. The molecule has 1 heterocycles. The minimum absolute atomic E-state index is 0.160. The molecule has 2 rings (SSSR count). The van der Waals surface area contributed by atoms with Crippen molar-refractivity contribution in [2.45, 2.75) is 12.1 Å². The fourth-order valence-corrected chi connectivity index (χ4v) is 3.38. The zero-order valence-electron chi connectivity index (χ0n) is 10.2. The highest BCUT2D eigenvalue weighted by molar-refractivity contribution is 7.85. The molecule has 0 radical (unpaired) electrons. The molecule has 1 fully saturated rings. The molecule has 7 heteroatoms. The van der Waals surface area contributed by atoms with Gasteiger partial charge < -0.3 is 4.74 Å². The third-order valence-corrected chi connectivity index (χ3v) is 4.35. The molecule has 0 spiro atoms. The van der Waals surface area contributed by atoms with E-state index < -0.39 is 40.5 Å². The van der Waals surface area contributed by atoms with Gasteiger partial charge in [0.15, 0.2) is 11.6 Å². The van der Waals surface area contributed by atoms with E-state index in [0.717, 1.165) is 12.1 Å². The van der Waals surface area contributed by atoms with Gasteiger partial charge in [-0.05, 0) is 17.7 Å². The fourth-order valence-electron chi connectivity index (χ4n) is 1.98. The molecule has 1 aliphatic rings. The summed E-state index contributed by atoms with van der Waals surface area (Å²) in [7, 11) is 0.0296. The van der Waals surface area contributed by atoms with Crippen LogP contribution in [0, 0.1) is 11.6 Å². The lowest BCUT2D eigenvalue weighted by atomic mass is 10.1. The fraction of sp³-hybridized carbons (Fsp3) is 0.417. The first-order valence-corrected chi connectivity index (χ1v) is 7.14. The second kappa shape index (κ2) is 5.75. The zero-order valence-corrected chi connectivity index (χ0v) is 11.0. The van der Waals surface area contributed by atoms with E-state index in [1.165, 1.54) is 13.2 Å².